The van der Waals surface area contributed by atoms with E-state index in [0.29, 0.717) is 50.7 Å². The molecule has 2 N–H and O–H groups in total. The smallest absolute Gasteiger partial charge is 0.302 e. The number of non-ortho nitro benzene ring substituents is 1. The quantitative estimate of drug-likeness (QED) is 0.255. The Morgan fingerprint density at radius 1 is 1.22 bits per heavy atom. The summed E-state index contributed by atoms with van der Waals surface area (Å²) < 4.78 is 4.95. The van der Waals surface area contributed by atoms with Gasteiger partial charge in [0, 0.05) is 39.1 Å². The van der Waals surface area contributed by atoms with Gasteiger partial charge >= 0.3 is 5.97 Å². The molecule has 170 valence electrons. The highest BCUT2D eigenvalue weighted by molar-refractivity contribution is 5.87. The van der Waals surface area contributed by atoms with E-state index in [0.717, 1.165) is 5.56 Å². The molecule has 2 heterocycles. The minimum absolute atomic E-state index is 0.00978. The number of carbonyl (C=O) groups is 2. The molecule has 12 nitrogen and oxygen atoms in total. The number of anilines is 3. The number of unbranched alkanes of at least 4 members (excludes halogenated alkanes) is 1. The SMILES string of the molecule is CC(=O)Nc1nc2c(c(=O)[nH]1)N(Cc1ccc([N+](=O)[O-])cc1)CN2CCCCOC(C)=O. The number of nitro groups is 1. The summed E-state index contributed by atoms with van der Waals surface area (Å²) in [7, 11) is 0. The fraction of sp³-hybridized carbons (Fsp3) is 0.400. The van der Waals surface area contributed by atoms with Gasteiger partial charge in [-0.2, -0.15) is 4.98 Å². The van der Waals surface area contributed by atoms with Crippen molar-refractivity contribution in [1.82, 2.24) is 9.97 Å². The van der Waals surface area contributed by atoms with E-state index in [2.05, 4.69) is 15.3 Å². The van der Waals surface area contributed by atoms with Gasteiger partial charge in [-0.05, 0) is 18.4 Å². The topological polar surface area (TPSA) is 151 Å². The van der Waals surface area contributed by atoms with Crippen LogP contribution in [0.3, 0.4) is 0 Å². The highest BCUT2D eigenvalue weighted by Crippen LogP contribution is 2.33. The third kappa shape index (κ3) is 5.59. The molecule has 0 saturated heterocycles. The van der Waals surface area contributed by atoms with Crippen molar-refractivity contribution >= 4 is 35.0 Å². The first-order valence-electron chi connectivity index (χ1n) is 10.0. The Morgan fingerprint density at radius 3 is 2.56 bits per heavy atom. The van der Waals surface area contributed by atoms with E-state index < -0.39 is 10.5 Å². The van der Waals surface area contributed by atoms with Gasteiger partial charge in [-0.15, -0.1) is 0 Å². The van der Waals surface area contributed by atoms with Crippen molar-refractivity contribution in [2.45, 2.75) is 33.2 Å². The molecular formula is C20H24N6O6. The third-order valence-electron chi connectivity index (χ3n) is 4.78. The van der Waals surface area contributed by atoms with Crippen LogP contribution in [0.15, 0.2) is 29.1 Å². The Labute approximate surface area is 183 Å². The Morgan fingerprint density at radius 2 is 1.94 bits per heavy atom. The second-order valence-corrected chi connectivity index (χ2v) is 7.34. The lowest BCUT2D eigenvalue weighted by Crippen LogP contribution is -2.32. The second-order valence-electron chi connectivity index (χ2n) is 7.34. The molecule has 0 spiro atoms. The van der Waals surface area contributed by atoms with Crippen molar-refractivity contribution in [2.24, 2.45) is 0 Å². The van der Waals surface area contributed by atoms with E-state index in [1.807, 2.05) is 9.80 Å². The summed E-state index contributed by atoms with van der Waals surface area (Å²) in [6, 6.07) is 6.13. The van der Waals surface area contributed by atoms with Crippen LogP contribution in [0, 0.1) is 10.1 Å². The van der Waals surface area contributed by atoms with Crippen LogP contribution >= 0.6 is 0 Å². The Bertz CT molecular complexity index is 1070. The van der Waals surface area contributed by atoms with E-state index in [4.69, 9.17) is 4.74 Å². The first-order valence-corrected chi connectivity index (χ1v) is 10.0. The molecule has 0 atom stereocenters. The van der Waals surface area contributed by atoms with Crippen molar-refractivity contribution in [3.8, 4) is 0 Å². The molecule has 0 bridgehead atoms. The molecule has 12 heteroatoms. The molecule has 1 aromatic heterocycles. The summed E-state index contributed by atoms with van der Waals surface area (Å²) in [5.74, 6) is -0.198. The average Bonchev–Trinajstić information content (AvgIpc) is 3.05. The van der Waals surface area contributed by atoms with Crippen LogP contribution in [-0.2, 0) is 20.9 Å². The van der Waals surface area contributed by atoms with E-state index >= 15 is 0 Å². The molecule has 3 rings (SSSR count). The molecular weight excluding hydrogens is 420 g/mol. The highest BCUT2D eigenvalue weighted by atomic mass is 16.6. The minimum Gasteiger partial charge on any atom is -0.466 e. The predicted molar refractivity (Wildman–Crippen MR) is 117 cm³/mol. The van der Waals surface area contributed by atoms with Gasteiger partial charge in [-0.3, -0.25) is 34.8 Å². The maximum Gasteiger partial charge on any atom is 0.302 e. The number of esters is 1. The molecule has 1 aromatic carbocycles. The summed E-state index contributed by atoms with van der Waals surface area (Å²) in [6.45, 7) is 4.26. The van der Waals surface area contributed by atoms with Gasteiger partial charge in [0.05, 0.1) is 18.2 Å². The molecule has 1 amide bonds. The number of aromatic nitrogens is 2. The Kier molecular flexibility index (Phi) is 7.03. The normalized spacial score (nSPS) is 12.4. The summed E-state index contributed by atoms with van der Waals surface area (Å²) >= 11 is 0. The number of amides is 1. The molecule has 2 aromatic rings. The number of H-pyrrole nitrogens is 1. The summed E-state index contributed by atoms with van der Waals surface area (Å²) in [4.78, 5) is 56.2. The van der Waals surface area contributed by atoms with E-state index in [1.54, 1.807) is 12.1 Å². The molecule has 1 aliphatic heterocycles. The maximum absolute atomic E-state index is 12.8. The molecule has 1 aliphatic rings. The first kappa shape index (κ1) is 22.7. The number of nitro benzene ring substituents is 1. The zero-order valence-electron chi connectivity index (χ0n) is 17.8. The number of carbonyl (C=O) groups excluding carboxylic acids is 2. The largest absolute Gasteiger partial charge is 0.466 e. The second kappa shape index (κ2) is 9.90. The number of aromatic amines is 1. The molecule has 0 radical (unpaired) electrons. The summed E-state index contributed by atoms with van der Waals surface area (Å²) in [6.07, 6.45) is 1.34. The lowest BCUT2D eigenvalue weighted by atomic mass is 10.2. The molecule has 32 heavy (non-hydrogen) atoms. The third-order valence-corrected chi connectivity index (χ3v) is 4.78. The van der Waals surface area contributed by atoms with Crippen molar-refractivity contribution in [3.05, 3.63) is 50.3 Å². The van der Waals surface area contributed by atoms with Gasteiger partial charge in [0.15, 0.2) is 5.82 Å². The van der Waals surface area contributed by atoms with Gasteiger partial charge in [0.1, 0.15) is 5.69 Å². The number of nitrogens with zero attached hydrogens (tertiary/aromatic N) is 4. The maximum atomic E-state index is 12.8. The van der Waals surface area contributed by atoms with Crippen molar-refractivity contribution in [3.63, 3.8) is 0 Å². The monoisotopic (exact) mass is 444 g/mol. The highest BCUT2D eigenvalue weighted by Gasteiger charge is 2.31. The lowest BCUT2D eigenvalue weighted by molar-refractivity contribution is -0.384. The molecule has 0 unspecified atom stereocenters. The van der Waals surface area contributed by atoms with Gasteiger partial charge in [0.25, 0.3) is 11.2 Å². The van der Waals surface area contributed by atoms with Gasteiger partial charge in [0.2, 0.25) is 11.9 Å². The standard InChI is InChI=1S/C20H24N6O6/c1-13(27)21-20-22-18-17(19(29)23-20)25(11-15-5-7-16(8-6-15)26(30)31)12-24(18)9-3-4-10-32-14(2)28/h5-8H,3-4,9-12H2,1-2H3,(H2,21,22,23,27,29). The fourth-order valence-corrected chi connectivity index (χ4v) is 3.40. The number of rotatable bonds is 9. The zero-order chi connectivity index (χ0) is 23.3. The predicted octanol–water partition coefficient (Wildman–Crippen LogP) is 1.76. The minimum atomic E-state index is -0.468. The van der Waals surface area contributed by atoms with E-state index in [-0.39, 0.29) is 23.5 Å². The number of hydrogen-bond donors (Lipinski definition) is 2. The van der Waals surface area contributed by atoms with Gasteiger partial charge < -0.3 is 14.5 Å². The zero-order valence-corrected chi connectivity index (χ0v) is 17.8. The molecule has 0 saturated carbocycles. The van der Waals surface area contributed by atoms with E-state index in [1.165, 1.54) is 26.0 Å². The first-order chi connectivity index (χ1) is 15.2. The van der Waals surface area contributed by atoms with Crippen LogP contribution in [0.2, 0.25) is 0 Å². The number of nitrogens with one attached hydrogen (secondary N) is 2. The number of benzene rings is 1. The van der Waals surface area contributed by atoms with Gasteiger partial charge in [-0.1, -0.05) is 12.1 Å². The summed E-state index contributed by atoms with van der Waals surface area (Å²) in [5.41, 5.74) is 0.744. The van der Waals surface area contributed by atoms with Gasteiger partial charge in [-0.25, -0.2) is 0 Å². The van der Waals surface area contributed by atoms with Crippen molar-refractivity contribution < 1.29 is 19.2 Å². The van der Waals surface area contributed by atoms with Crippen LogP contribution in [0.5, 0.6) is 0 Å². The van der Waals surface area contributed by atoms with E-state index in [9.17, 15) is 24.5 Å². The number of hydrogen-bond acceptors (Lipinski definition) is 9. The van der Waals surface area contributed by atoms with Crippen molar-refractivity contribution in [1.29, 1.82) is 0 Å². The van der Waals surface area contributed by atoms with Crippen LogP contribution < -0.4 is 20.7 Å². The van der Waals surface area contributed by atoms with Crippen LogP contribution in [-0.4, -0.2) is 46.6 Å². The molecule has 0 fully saturated rings. The molecule has 0 aliphatic carbocycles. The fourth-order valence-electron chi connectivity index (χ4n) is 3.40. The van der Waals surface area contributed by atoms with Crippen LogP contribution in [0.1, 0.15) is 32.3 Å². The number of fused-ring (bicyclic) bond motifs is 1. The van der Waals surface area contributed by atoms with Crippen molar-refractivity contribution in [2.75, 3.05) is 34.9 Å². The lowest BCUT2D eigenvalue weighted by Gasteiger charge is -2.21. The Hall–Kier alpha value is -3.96. The van der Waals surface area contributed by atoms with Crippen LogP contribution in [0.25, 0.3) is 0 Å². The summed E-state index contributed by atoms with van der Waals surface area (Å²) in [5, 5.41) is 13.4. The Balaban J connectivity index is 1.80. The number of ether oxygens (including phenoxy) is 1. The van der Waals surface area contributed by atoms with Crippen LogP contribution in [0.4, 0.5) is 23.1 Å². The average molecular weight is 444 g/mol.